The molecule has 154 valence electrons. The van der Waals surface area contributed by atoms with Gasteiger partial charge in [-0.2, -0.15) is 0 Å². The van der Waals surface area contributed by atoms with E-state index in [-0.39, 0.29) is 29.4 Å². The molecule has 1 atom stereocenters. The number of hydrogen-bond acceptors (Lipinski definition) is 3. The first-order valence-electron chi connectivity index (χ1n) is 9.55. The van der Waals surface area contributed by atoms with Crippen LogP contribution < -0.4 is 5.32 Å². The lowest BCUT2D eigenvalue weighted by Gasteiger charge is -2.22. The van der Waals surface area contributed by atoms with Gasteiger partial charge in [-0.05, 0) is 23.0 Å². The molecule has 0 aliphatic carbocycles. The second-order valence-electron chi connectivity index (χ2n) is 8.02. The van der Waals surface area contributed by atoms with Crippen molar-refractivity contribution in [1.82, 2.24) is 10.2 Å². The Morgan fingerprint density at radius 1 is 1.22 bits per heavy atom. The summed E-state index contributed by atoms with van der Waals surface area (Å²) in [5.74, 6) is 1.54. The van der Waals surface area contributed by atoms with Crippen LogP contribution in [0, 0.1) is 5.92 Å². The Hall–Kier alpha value is -0.860. The minimum Gasteiger partial charge on any atom is -0.382 e. The van der Waals surface area contributed by atoms with Crippen LogP contribution >= 0.6 is 24.0 Å². The molecular weight excluding hydrogens is 453 g/mol. The van der Waals surface area contributed by atoms with Crippen molar-refractivity contribution in [2.24, 2.45) is 10.9 Å². The third-order valence-corrected chi connectivity index (χ3v) is 4.85. The number of benzene rings is 1. The second-order valence-corrected chi connectivity index (χ2v) is 8.02. The van der Waals surface area contributed by atoms with Crippen LogP contribution in [0.4, 0.5) is 0 Å². The fourth-order valence-corrected chi connectivity index (χ4v) is 3.19. The summed E-state index contributed by atoms with van der Waals surface area (Å²) >= 11 is 0. The van der Waals surface area contributed by atoms with Crippen LogP contribution in [0.2, 0.25) is 0 Å². The molecule has 0 spiro atoms. The Morgan fingerprint density at radius 3 is 2.52 bits per heavy atom. The summed E-state index contributed by atoms with van der Waals surface area (Å²) in [6.45, 7) is 11.7. The summed E-state index contributed by atoms with van der Waals surface area (Å²) in [5.41, 5.74) is 2.83. The molecule has 2 rings (SSSR count). The highest BCUT2D eigenvalue weighted by Gasteiger charge is 2.24. The van der Waals surface area contributed by atoms with Crippen molar-refractivity contribution in [2.75, 3.05) is 47.1 Å². The van der Waals surface area contributed by atoms with E-state index in [1.807, 2.05) is 7.05 Å². The van der Waals surface area contributed by atoms with Crippen LogP contribution in [-0.2, 0) is 21.4 Å². The lowest BCUT2D eigenvalue weighted by molar-refractivity contribution is 0.0536. The standard InChI is InChI=1S/C21H35N3O2.HI/c1-21(2,3)19-8-6-17(7-9-19)14-23-20(22-4)24-11-10-18(15-24)16-26-13-12-25-5;/h6-9,18H,10-16H2,1-5H3,(H,22,23);1H. The summed E-state index contributed by atoms with van der Waals surface area (Å²) < 4.78 is 10.7. The molecule has 1 fully saturated rings. The fraction of sp³-hybridized carbons (Fsp3) is 0.667. The quantitative estimate of drug-likeness (QED) is 0.275. The van der Waals surface area contributed by atoms with Gasteiger partial charge in [-0.1, -0.05) is 45.0 Å². The lowest BCUT2D eigenvalue weighted by Crippen LogP contribution is -2.39. The van der Waals surface area contributed by atoms with E-state index in [2.05, 4.69) is 60.2 Å². The number of nitrogens with one attached hydrogen (secondary N) is 1. The number of guanidine groups is 1. The summed E-state index contributed by atoms with van der Waals surface area (Å²) in [4.78, 5) is 6.78. The number of nitrogens with zero attached hydrogens (tertiary/aromatic N) is 2. The summed E-state index contributed by atoms with van der Waals surface area (Å²) in [5, 5.41) is 3.50. The average molecular weight is 489 g/mol. The van der Waals surface area contributed by atoms with Gasteiger partial charge >= 0.3 is 0 Å². The minimum absolute atomic E-state index is 0. The zero-order valence-electron chi connectivity index (χ0n) is 17.5. The average Bonchev–Trinajstić information content (AvgIpc) is 3.08. The number of ether oxygens (including phenoxy) is 2. The van der Waals surface area contributed by atoms with E-state index in [9.17, 15) is 0 Å². The highest BCUT2D eigenvalue weighted by Crippen LogP contribution is 2.22. The molecule has 1 heterocycles. The largest absolute Gasteiger partial charge is 0.382 e. The van der Waals surface area contributed by atoms with Gasteiger partial charge in [0.2, 0.25) is 0 Å². The van der Waals surface area contributed by atoms with Crippen LogP contribution in [-0.4, -0.2) is 57.9 Å². The maximum atomic E-state index is 5.68. The van der Waals surface area contributed by atoms with Crippen molar-refractivity contribution in [1.29, 1.82) is 0 Å². The number of methoxy groups -OCH3 is 1. The molecule has 0 aromatic heterocycles. The van der Waals surface area contributed by atoms with Crippen molar-refractivity contribution in [3.05, 3.63) is 35.4 Å². The van der Waals surface area contributed by atoms with Crippen molar-refractivity contribution < 1.29 is 9.47 Å². The zero-order chi connectivity index (χ0) is 19.0. The molecule has 0 saturated carbocycles. The van der Waals surface area contributed by atoms with Crippen molar-refractivity contribution in [3.63, 3.8) is 0 Å². The molecule has 1 aromatic rings. The first kappa shape index (κ1) is 24.2. The first-order valence-corrected chi connectivity index (χ1v) is 9.55. The van der Waals surface area contributed by atoms with Gasteiger partial charge < -0.3 is 19.7 Å². The Bertz CT molecular complexity index is 570. The van der Waals surface area contributed by atoms with Gasteiger partial charge in [-0.25, -0.2) is 0 Å². The van der Waals surface area contributed by atoms with Crippen LogP contribution in [0.3, 0.4) is 0 Å². The molecule has 1 unspecified atom stereocenters. The maximum absolute atomic E-state index is 5.68. The predicted octanol–water partition coefficient (Wildman–Crippen LogP) is 3.66. The van der Waals surface area contributed by atoms with Gasteiger partial charge in [-0.3, -0.25) is 4.99 Å². The maximum Gasteiger partial charge on any atom is 0.193 e. The van der Waals surface area contributed by atoms with Crippen molar-refractivity contribution in [3.8, 4) is 0 Å². The highest BCUT2D eigenvalue weighted by atomic mass is 127. The van der Waals surface area contributed by atoms with Gasteiger partial charge in [0.1, 0.15) is 0 Å². The Balaban J connectivity index is 0.00000364. The van der Waals surface area contributed by atoms with Gasteiger partial charge in [0.25, 0.3) is 0 Å². The molecule has 1 aliphatic rings. The molecule has 1 aromatic carbocycles. The lowest BCUT2D eigenvalue weighted by atomic mass is 9.87. The minimum atomic E-state index is 0. The third kappa shape index (κ3) is 7.95. The molecular formula is C21H36IN3O2. The molecule has 5 nitrogen and oxygen atoms in total. The Labute approximate surface area is 181 Å². The SMILES string of the molecule is CN=C(NCc1ccc(C(C)(C)C)cc1)N1CCC(COCCOC)C1.I. The Morgan fingerprint density at radius 2 is 1.93 bits per heavy atom. The van der Waals surface area contributed by atoms with E-state index in [0.29, 0.717) is 19.1 Å². The topological polar surface area (TPSA) is 46.1 Å². The molecule has 0 radical (unpaired) electrons. The molecule has 0 bridgehead atoms. The molecule has 0 amide bonds. The molecule has 27 heavy (non-hydrogen) atoms. The van der Waals surface area contributed by atoms with E-state index in [1.165, 1.54) is 11.1 Å². The van der Waals surface area contributed by atoms with Gasteiger partial charge in [0, 0.05) is 39.7 Å². The number of hydrogen-bond donors (Lipinski definition) is 1. The summed E-state index contributed by atoms with van der Waals surface area (Å²) in [7, 11) is 3.56. The fourth-order valence-electron chi connectivity index (χ4n) is 3.19. The van der Waals surface area contributed by atoms with Crippen molar-refractivity contribution in [2.45, 2.75) is 39.2 Å². The number of aliphatic imine (C=N–C) groups is 1. The molecule has 1 aliphatic heterocycles. The van der Waals surface area contributed by atoms with Gasteiger partial charge in [0.15, 0.2) is 5.96 Å². The van der Waals surface area contributed by atoms with E-state index in [0.717, 1.165) is 38.6 Å². The number of halogens is 1. The van der Waals surface area contributed by atoms with E-state index in [4.69, 9.17) is 9.47 Å². The molecule has 1 N–H and O–H groups in total. The van der Waals surface area contributed by atoms with E-state index < -0.39 is 0 Å². The zero-order valence-corrected chi connectivity index (χ0v) is 19.8. The predicted molar refractivity (Wildman–Crippen MR) is 123 cm³/mol. The van der Waals surface area contributed by atoms with Crippen LogP contribution in [0.5, 0.6) is 0 Å². The monoisotopic (exact) mass is 489 g/mol. The van der Waals surface area contributed by atoms with E-state index in [1.54, 1.807) is 7.11 Å². The third-order valence-electron chi connectivity index (χ3n) is 4.85. The van der Waals surface area contributed by atoms with Crippen LogP contribution in [0.15, 0.2) is 29.3 Å². The summed E-state index contributed by atoms with van der Waals surface area (Å²) in [6.07, 6.45) is 1.15. The Kier molecular flexibility index (Phi) is 10.6. The van der Waals surface area contributed by atoms with Gasteiger partial charge in [0.05, 0.1) is 19.8 Å². The van der Waals surface area contributed by atoms with Crippen molar-refractivity contribution >= 4 is 29.9 Å². The smallest absolute Gasteiger partial charge is 0.193 e. The highest BCUT2D eigenvalue weighted by molar-refractivity contribution is 14.0. The van der Waals surface area contributed by atoms with E-state index >= 15 is 0 Å². The first-order chi connectivity index (χ1) is 12.4. The second kappa shape index (κ2) is 11.9. The van der Waals surface area contributed by atoms with Crippen LogP contribution in [0.1, 0.15) is 38.3 Å². The van der Waals surface area contributed by atoms with Gasteiger partial charge in [-0.15, -0.1) is 24.0 Å². The number of rotatable bonds is 7. The summed E-state index contributed by atoms with van der Waals surface area (Å²) in [6, 6.07) is 8.86. The molecule has 1 saturated heterocycles. The molecule has 6 heteroatoms. The van der Waals surface area contributed by atoms with Crippen LogP contribution in [0.25, 0.3) is 0 Å². The number of likely N-dealkylation sites (tertiary alicyclic amines) is 1. The normalized spacial score (nSPS) is 17.7.